The second-order valence-electron chi connectivity index (χ2n) is 7.88. The zero-order valence-corrected chi connectivity index (χ0v) is 20.0. The van der Waals surface area contributed by atoms with Gasteiger partial charge >= 0.3 is 0 Å². The first kappa shape index (κ1) is 23.4. The standard InChI is InChI=1S/C23H26ClN5O3S/c1-32-23-15-20(11-12-22(23)29-17-25-26-27-29)33(30,31)28(14-13-18-7-3-2-4-8-18)16-19-9-5-6-10-21(19)24/h5-7,9-12,15,17H,2-4,8,13-14,16H2,1H3. The molecule has 2 aromatic carbocycles. The fourth-order valence-electron chi connectivity index (χ4n) is 3.93. The maximum absolute atomic E-state index is 13.7. The molecular formula is C23H26ClN5O3S. The molecule has 0 amide bonds. The Bertz CT molecular complexity index is 1230. The molecule has 10 heteroatoms. The Kier molecular flexibility index (Phi) is 7.42. The summed E-state index contributed by atoms with van der Waals surface area (Å²) in [5.74, 6) is 0.357. The Morgan fingerprint density at radius 1 is 1.18 bits per heavy atom. The summed E-state index contributed by atoms with van der Waals surface area (Å²) in [4.78, 5) is 0.140. The van der Waals surface area contributed by atoms with Gasteiger partial charge in [-0.1, -0.05) is 41.4 Å². The van der Waals surface area contributed by atoms with Gasteiger partial charge in [-0.2, -0.15) is 8.99 Å². The molecule has 0 fully saturated rings. The van der Waals surface area contributed by atoms with Gasteiger partial charge in [0.25, 0.3) is 0 Å². The average Bonchev–Trinajstić information content (AvgIpc) is 3.38. The van der Waals surface area contributed by atoms with Crippen LogP contribution in [0.1, 0.15) is 37.7 Å². The summed E-state index contributed by atoms with van der Waals surface area (Å²) in [6.07, 6.45) is 8.79. The molecule has 0 saturated carbocycles. The maximum Gasteiger partial charge on any atom is 0.243 e. The smallest absolute Gasteiger partial charge is 0.243 e. The fourth-order valence-corrected chi connectivity index (χ4v) is 5.56. The summed E-state index contributed by atoms with van der Waals surface area (Å²) in [7, 11) is -2.35. The molecule has 174 valence electrons. The third kappa shape index (κ3) is 5.43. The van der Waals surface area contributed by atoms with Crippen LogP contribution in [-0.2, 0) is 16.6 Å². The first-order valence-electron chi connectivity index (χ1n) is 10.8. The number of methoxy groups -OCH3 is 1. The van der Waals surface area contributed by atoms with Crippen LogP contribution in [0.3, 0.4) is 0 Å². The van der Waals surface area contributed by atoms with Gasteiger partial charge in [-0.3, -0.25) is 0 Å². The van der Waals surface area contributed by atoms with Crippen LogP contribution in [0.4, 0.5) is 0 Å². The van der Waals surface area contributed by atoms with Gasteiger partial charge in [0.05, 0.1) is 12.0 Å². The van der Waals surface area contributed by atoms with Crippen molar-refractivity contribution in [2.75, 3.05) is 13.7 Å². The van der Waals surface area contributed by atoms with E-state index in [1.165, 1.54) is 40.5 Å². The van der Waals surface area contributed by atoms with Gasteiger partial charge in [0.1, 0.15) is 17.8 Å². The minimum Gasteiger partial charge on any atom is -0.494 e. The van der Waals surface area contributed by atoms with Crippen molar-refractivity contribution in [1.29, 1.82) is 0 Å². The van der Waals surface area contributed by atoms with Crippen LogP contribution in [-0.4, -0.2) is 46.6 Å². The van der Waals surface area contributed by atoms with Crippen molar-refractivity contribution >= 4 is 21.6 Å². The Labute approximate surface area is 198 Å². The van der Waals surface area contributed by atoms with Gasteiger partial charge in [-0.15, -0.1) is 5.10 Å². The third-order valence-electron chi connectivity index (χ3n) is 5.76. The lowest BCUT2D eigenvalue weighted by atomic mass is 9.97. The van der Waals surface area contributed by atoms with Gasteiger partial charge < -0.3 is 4.74 Å². The van der Waals surface area contributed by atoms with Gasteiger partial charge in [0.2, 0.25) is 10.0 Å². The Balaban J connectivity index is 1.66. The van der Waals surface area contributed by atoms with E-state index in [0.29, 0.717) is 29.4 Å². The van der Waals surface area contributed by atoms with Gasteiger partial charge in [0.15, 0.2) is 0 Å². The predicted molar refractivity (Wildman–Crippen MR) is 126 cm³/mol. The van der Waals surface area contributed by atoms with E-state index in [2.05, 4.69) is 21.6 Å². The Morgan fingerprint density at radius 2 is 2.03 bits per heavy atom. The molecule has 33 heavy (non-hydrogen) atoms. The lowest BCUT2D eigenvalue weighted by molar-refractivity contribution is 0.400. The number of nitrogens with zero attached hydrogens (tertiary/aromatic N) is 5. The van der Waals surface area contributed by atoms with E-state index in [0.717, 1.165) is 24.8 Å². The Morgan fingerprint density at radius 3 is 2.73 bits per heavy atom. The maximum atomic E-state index is 13.7. The van der Waals surface area contributed by atoms with E-state index in [9.17, 15) is 8.42 Å². The van der Waals surface area contributed by atoms with Crippen molar-refractivity contribution in [3.63, 3.8) is 0 Å². The van der Waals surface area contributed by atoms with Gasteiger partial charge in [-0.05, 0) is 66.3 Å². The molecule has 0 aliphatic heterocycles. The van der Waals surface area contributed by atoms with E-state index in [-0.39, 0.29) is 11.4 Å². The monoisotopic (exact) mass is 487 g/mol. The number of halogens is 1. The van der Waals surface area contributed by atoms with Gasteiger partial charge in [-0.25, -0.2) is 8.42 Å². The summed E-state index contributed by atoms with van der Waals surface area (Å²) < 4.78 is 35.9. The molecule has 1 aliphatic rings. The molecule has 8 nitrogen and oxygen atoms in total. The second kappa shape index (κ2) is 10.5. The van der Waals surface area contributed by atoms with Crippen LogP contribution in [0.5, 0.6) is 5.75 Å². The molecule has 0 saturated heterocycles. The minimum atomic E-state index is -3.83. The highest BCUT2D eigenvalue weighted by Gasteiger charge is 2.27. The highest BCUT2D eigenvalue weighted by atomic mass is 35.5. The summed E-state index contributed by atoms with van der Waals surface area (Å²) in [6, 6.07) is 12.0. The summed E-state index contributed by atoms with van der Waals surface area (Å²) in [5, 5.41) is 11.7. The molecule has 0 spiro atoms. The zero-order valence-electron chi connectivity index (χ0n) is 18.4. The van der Waals surface area contributed by atoms with Crippen molar-refractivity contribution < 1.29 is 13.2 Å². The minimum absolute atomic E-state index is 0.140. The van der Waals surface area contributed by atoms with Crippen LogP contribution >= 0.6 is 11.6 Å². The number of hydrogen-bond donors (Lipinski definition) is 0. The number of rotatable bonds is 9. The topological polar surface area (TPSA) is 90.2 Å². The van der Waals surface area contributed by atoms with Crippen molar-refractivity contribution in [2.45, 2.75) is 43.5 Å². The number of tetrazole rings is 1. The molecule has 0 radical (unpaired) electrons. The first-order chi connectivity index (χ1) is 16.0. The summed E-state index contributed by atoms with van der Waals surface area (Å²) in [6.45, 7) is 0.558. The number of sulfonamides is 1. The van der Waals surface area contributed by atoms with Crippen molar-refractivity contribution in [3.05, 3.63) is 71.0 Å². The number of aromatic nitrogens is 4. The van der Waals surface area contributed by atoms with E-state index < -0.39 is 10.0 Å². The second-order valence-corrected chi connectivity index (χ2v) is 10.2. The molecular weight excluding hydrogens is 462 g/mol. The summed E-state index contributed by atoms with van der Waals surface area (Å²) >= 11 is 6.36. The number of ether oxygens (including phenoxy) is 1. The quantitative estimate of drug-likeness (QED) is 0.415. The lowest BCUT2D eigenvalue weighted by Gasteiger charge is -2.24. The summed E-state index contributed by atoms with van der Waals surface area (Å²) in [5.41, 5.74) is 2.62. The normalized spacial score (nSPS) is 14.3. The lowest BCUT2D eigenvalue weighted by Crippen LogP contribution is -2.32. The fraction of sp³-hybridized carbons (Fsp3) is 0.348. The highest BCUT2D eigenvalue weighted by Crippen LogP contribution is 2.30. The van der Waals surface area contributed by atoms with E-state index in [1.807, 2.05) is 18.2 Å². The average molecular weight is 488 g/mol. The van der Waals surface area contributed by atoms with Crippen LogP contribution in [0, 0.1) is 0 Å². The van der Waals surface area contributed by atoms with E-state index in [1.54, 1.807) is 18.2 Å². The van der Waals surface area contributed by atoms with Crippen LogP contribution in [0.15, 0.2) is 65.3 Å². The molecule has 0 atom stereocenters. The molecule has 4 rings (SSSR count). The largest absolute Gasteiger partial charge is 0.494 e. The van der Waals surface area contributed by atoms with Crippen LogP contribution in [0.2, 0.25) is 5.02 Å². The number of hydrogen-bond acceptors (Lipinski definition) is 6. The third-order valence-corrected chi connectivity index (χ3v) is 7.97. The first-order valence-corrected chi connectivity index (χ1v) is 12.6. The van der Waals surface area contributed by atoms with Gasteiger partial charge in [0, 0.05) is 24.2 Å². The number of allylic oxidation sites excluding steroid dienone is 1. The zero-order chi connectivity index (χ0) is 23.3. The van der Waals surface area contributed by atoms with Crippen molar-refractivity contribution in [2.24, 2.45) is 0 Å². The predicted octanol–water partition coefficient (Wildman–Crippen LogP) is 4.41. The molecule has 0 bridgehead atoms. The van der Waals surface area contributed by atoms with Crippen molar-refractivity contribution in [1.82, 2.24) is 24.5 Å². The molecule has 1 heterocycles. The molecule has 1 aromatic heterocycles. The van der Waals surface area contributed by atoms with Crippen LogP contribution < -0.4 is 4.74 Å². The van der Waals surface area contributed by atoms with E-state index >= 15 is 0 Å². The molecule has 3 aromatic rings. The highest BCUT2D eigenvalue weighted by molar-refractivity contribution is 7.89. The van der Waals surface area contributed by atoms with Crippen LogP contribution in [0.25, 0.3) is 5.69 Å². The number of benzene rings is 2. The Hall–Kier alpha value is -2.75. The SMILES string of the molecule is COc1cc(S(=O)(=O)N(CCC2=CCCCC2)Cc2ccccc2Cl)ccc1-n1cnnn1. The molecule has 0 unspecified atom stereocenters. The molecule has 1 aliphatic carbocycles. The van der Waals surface area contributed by atoms with Crippen molar-refractivity contribution in [3.8, 4) is 11.4 Å². The molecule has 0 N–H and O–H groups in total. The van der Waals surface area contributed by atoms with E-state index in [4.69, 9.17) is 16.3 Å².